The van der Waals surface area contributed by atoms with Crippen molar-refractivity contribution in [2.24, 2.45) is 0 Å². The van der Waals surface area contributed by atoms with Crippen molar-refractivity contribution < 1.29 is 28.2 Å². The van der Waals surface area contributed by atoms with Gasteiger partial charge in [0.2, 0.25) is 0 Å². The molecule has 0 fully saturated rings. The van der Waals surface area contributed by atoms with Gasteiger partial charge in [-0.3, -0.25) is 4.79 Å². The number of carbonyl (C=O) groups excluding carboxylic acids is 2. The zero-order chi connectivity index (χ0) is 17.5. The largest absolute Gasteiger partial charge is 0.497 e. The number of hydrogen-bond acceptors (Lipinski definition) is 5. The van der Waals surface area contributed by atoms with Gasteiger partial charge in [0.25, 0.3) is 5.91 Å². The summed E-state index contributed by atoms with van der Waals surface area (Å²) in [6, 6.07) is 10.3. The molecule has 0 heterocycles. The maximum atomic E-state index is 13.4. The molecule has 0 atom stereocenters. The summed E-state index contributed by atoms with van der Waals surface area (Å²) in [6.45, 7) is -0.553. The number of hydrogen-bond donors (Lipinski definition) is 1. The van der Waals surface area contributed by atoms with Crippen molar-refractivity contribution in [1.29, 1.82) is 0 Å². The van der Waals surface area contributed by atoms with E-state index in [0.717, 1.165) is 0 Å². The van der Waals surface area contributed by atoms with Gasteiger partial charge in [0, 0.05) is 6.07 Å². The zero-order valence-corrected chi connectivity index (χ0v) is 13.2. The van der Waals surface area contributed by atoms with Gasteiger partial charge in [-0.2, -0.15) is 0 Å². The number of nitrogens with one attached hydrogen (secondary N) is 1. The Morgan fingerprint density at radius 2 is 1.83 bits per heavy atom. The van der Waals surface area contributed by atoms with E-state index in [2.05, 4.69) is 5.32 Å². The molecule has 126 valence electrons. The first-order chi connectivity index (χ1) is 11.5. The van der Waals surface area contributed by atoms with Gasteiger partial charge in [-0.25, -0.2) is 9.18 Å². The Hall–Kier alpha value is -3.09. The first kappa shape index (κ1) is 17.3. The standard InChI is InChI=1S/C17H16FNO5/c1-22-11-7-8-12(15(9-11)23-2)17(21)24-10-16(20)19-14-6-4-3-5-13(14)18/h3-9H,10H2,1-2H3,(H,19,20). The Balaban J connectivity index is 1.98. The highest BCUT2D eigenvalue weighted by molar-refractivity contribution is 5.97. The molecule has 0 aliphatic heterocycles. The van der Waals surface area contributed by atoms with Crippen LogP contribution in [-0.4, -0.2) is 32.7 Å². The summed E-state index contributed by atoms with van der Waals surface area (Å²) >= 11 is 0. The summed E-state index contributed by atoms with van der Waals surface area (Å²) in [5.41, 5.74) is 0.164. The lowest BCUT2D eigenvalue weighted by Crippen LogP contribution is -2.21. The molecule has 0 aliphatic carbocycles. The van der Waals surface area contributed by atoms with Crippen LogP contribution in [0.4, 0.5) is 10.1 Å². The molecule has 24 heavy (non-hydrogen) atoms. The average molecular weight is 333 g/mol. The second kappa shape index (κ2) is 7.96. The summed E-state index contributed by atoms with van der Waals surface area (Å²) in [5, 5.41) is 2.32. The van der Waals surface area contributed by atoms with Crippen LogP contribution in [0.3, 0.4) is 0 Å². The summed E-state index contributed by atoms with van der Waals surface area (Å²) < 4.78 is 28.5. The number of methoxy groups -OCH3 is 2. The quantitative estimate of drug-likeness (QED) is 0.823. The first-order valence-corrected chi connectivity index (χ1v) is 6.98. The number of amides is 1. The number of esters is 1. The van der Waals surface area contributed by atoms with Crippen LogP contribution in [0.15, 0.2) is 42.5 Å². The molecule has 0 saturated carbocycles. The Kier molecular flexibility index (Phi) is 5.73. The smallest absolute Gasteiger partial charge is 0.342 e. The zero-order valence-electron chi connectivity index (χ0n) is 13.2. The first-order valence-electron chi connectivity index (χ1n) is 6.98. The van der Waals surface area contributed by atoms with Crippen LogP contribution >= 0.6 is 0 Å². The van der Waals surface area contributed by atoms with Crippen LogP contribution in [0.5, 0.6) is 11.5 Å². The number of ether oxygens (including phenoxy) is 3. The van der Waals surface area contributed by atoms with Crippen molar-refractivity contribution in [3.8, 4) is 11.5 Å². The Morgan fingerprint density at radius 3 is 2.50 bits per heavy atom. The molecule has 0 aliphatic rings. The van der Waals surface area contributed by atoms with E-state index in [1.54, 1.807) is 12.1 Å². The maximum Gasteiger partial charge on any atom is 0.342 e. The number of benzene rings is 2. The fourth-order valence-electron chi connectivity index (χ4n) is 1.92. The van der Waals surface area contributed by atoms with E-state index < -0.39 is 24.3 Å². The molecule has 0 unspecified atom stereocenters. The lowest BCUT2D eigenvalue weighted by molar-refractivity contribution is -0.119. The minimum Gasteiger partial charge on any atom is -0.497 e. The van der Waals surface area contributed by atoms with Crippen molar-refractivity contribution in [1.82, 2.24) is 0 Å². The van der Waals surface area contributed by atoms with Crippen LogP contribution in [-0.2, 0) is 9.53 Å². The maximum absolute atomic E-state index is 13.4. The second-order valence-corrected chi connectivity index (χ2v) is 4.67. The third kappa shape index (κ3) is 4.22. The lowest BCUT2D eigenvalue weighted by Gasteiger charge is -2.10. The van der Waals surface area contributed by atoms with Crippen LogP contribution < -0.4 is 14.8 Å². The highest BCUT2D eigenvalue weighted by atomic mass is 19.1. The van der Waals surface area contributed by atoms with Crippen LogP contribution in [0.25, 0.3) is 0 Å². The van der Waals surface area contributed by atoms with Crippen LogP contribution in [0.2, 0.25) is 0 Å². The molecule has 6 nitrogen and oxygen atoms in total. The molecule has 0 spiro atoms. The van der Waals surface area contributed by atoms with Crippen molar-refractivity contribution >= 4 is 17.6 Å². The topological polar surface area (TPSA) is 73.9 Å². The Labute approximate surface area is 138 Å². The fourth-order valence-corrected chi connectivity index (χ4v) is 1.92. The lowest BCUT2D eigenvalue weighted by atomic mass is 10.2. The van der Waals surface area contributed by atoms with Gasteiger partial charge in [0.1, 0.15) is 22.9 Å². The molecular formula is C17H16FNO5. The van der Waals surface area contributed by atoms with Crippen molar-refractivity contribution in [3.05, 3.63) is 53.8 Å². The molecule has 0 radical (unpaired) electrons. The number of carbonyl (C=O) groups is 2. The van der Waals surface area contributed by atoms with Crippen molar-refractivity contribution in [2.75, 3.05) is 26.1 Å². The minimum atomic E-state index is -0.738. The van der Waals surface area contributed by atoms with E-state index in [-0.39, 0.29) is 17.0 Å². The van der Waals surface area contributed by atoms with E-state index >= 15 is 0 Å². The third-order valence-electron chi connectivity index (χ3n) is 3.11. The van der Waals surface area contributed by atoms with Gasteiger partial charge in [-0.05, 0) is 24.3 Å². The molecule has 0 bridgehead atoms. The molecule has 7 heteroatoms. The van der Waals surface area contributed by atoms with Gasteiger partial charge < -0.3 is 19.5 Å². The molecule has 2 aromatic carbocycles. The minimum absolute atomic E-state index is 0.0144. The fraction of sp³-hybridized carbons (Fsp3) is 0.176. The Bertz CT molecular complexity index is 748. The predicted molar refractivity (Wildman–Crippen MR) is 84.9 cm³/mol. The van der Waals surface area contributed by atoms with E-state index in [1.165, 1.54) is 44.6 Å². The van der Waals surface area contributed by atoms with Gasteiger partial charge >= 0.3 is 5.97 Å². The summed E-state index contributed by atoms with van der Waals surface area (Å²) in [6.07, 6.45) is 0. The van der Waals surface area contributed by atoms with Crippen molar-refractivity contribution in [3.63, 3.8) is 0 Å². The predicted octanol–water partition coefficient (Wildman–Crippen LogP) is 2.64. The molecule has 0 saturated heterocycles. The van der Waals surface area contributed by atoms with Gasteiger partial charge in [0.05, 0.1) is 19.9 Å². The molecule has 0 aromatic heterocycles. The highest BCUT2D eigenvalue weighted by Gasteiger charge is 2.16. The molecule has 1 N–H and O–H groups in total. The molecule has 1 amide bonds. The van der Waals surface area contributed by atoms with Gasteiger partial charge in [-0.15, -0.1) is 0 Å². The number of halogens is 1. The van der Waals surface area contributed by atoms with Crippen LogP contribution in [0, 0.1) is 5.82 Å². The monoisotopic (exact) mass is 333 g/mol. The number of anilines is 1. The third-order valence-corrected chi connectivity index (χ3v) is 3.11. The second-order valence-electron chi connectivity index (χ2n) is 4.67. The van der Waals surface area contributed by atoms with Gasteiger partial charge in [0.15, 0.2) is 6.61 Å². The molecular weight excluding hydrogens is 317 g/mol. The summed E-state index contributed by atoms with van der Waals surface area (Å²) in [7, 11) is 2.89. The average Bonchev–Trinajstić information content (AvgIpc) is 2.61. The van der Waals surface area contributed by atoms with Crippen molar-refractivity contribution in [2.45, 2.75) is 0 Å². The highest BCUT2D eigenvalue weighted by Crippen LogP contribution is 2.25. The summed E-state index contributed by atoms with van der Waals surface area (Å²) in [4.78, 5) is 23.8. The van der Waals surface area contributed by atoms with E-state index in [1.807, 2.05) is 0 Å². The molecule has 2 rings (SSSR count). The normalized spacial score (nSPS) is 9.96. The number of para-hydroxylation sites is 1. The molecule has 2 aromatic rings. The number of rotatable bonds is 6. The van der Waals surface area contributed by atoms with E-state index in [9.17, 15) is 14.0 Å². The van der Waals surface area contributed by atoms with E-state index in [4.69, 9.17) is 14.2 Å². The summed E-state index contributed by atoms with van der Waals surface area (Å²) in [5.74, 6) is -1.19. The van der Waals surface area contributed by atoms with E-state index in [0.29, 0.717) is 5.75 Å². The Morgan fingerprint density at radius 1 is 1.08 bits per heavy atom. The van der Waals surface area contributed by atoms with Gasteiger partial charge in [-0.1, -0.05) is 12.1 Å². The SMILES string of the molecule is COc1ccc(C(=O)OCC(=O)Nc2ccccc2F)c(OC)c1. The van der Waals surface area contributed by atoms with Crippen LogP contribution in [0.1, 0.15) is 10.4 Å².